The van der Waals surface area contributed by atoms with E-state index in [1.807, 2.05) is 6.07 Å². The maximum Gasteiger partial charge on any atom is 0.435 e. The molecule has 0 radical (unpaired) electrons. The van der Waals surface area contributed by atoms with Crippen LogP contribution in [0.3, 0.4) is 0 Å². The number of rotatable bonds is 5. The maximum atomic E-state index is 12.2. The normalized spacial score (nSPS) is 10.5. The number of para-hydroxylation sites is 1. The van der Waals surface area contributed by atoms with Crippen LogP contribution in [0, 0.1) is 0 Å². The number of ether oxygens (including phenoxy) is 2. The summed E-state index contributed by atoms with van der Waals surface area (Å²) >= 11 is 0. The van der Waals surface area contributed by atoms with Gasteiger partial charge in [0.1, 0.15) is 5.75 Å². The summed E-state index contributed by atoms with van der Waals surface area (Å²) in [6.07, 6.45) is 0. The van der Waals surface area contributed by atoms with Gasteiger partial charge in [0, 0.05) is 12.1 Å². The van der Waals surface area contributed by atoms with Gasteiger partial charge in [0.2, 0.25) is 5.69 Å². The Morgan fingerprint density at radius 1 is 1.16 bits per heavy atom. The molecule has 0 saturated carbocycles. The lowest BCUT2D eigenvalue weighted by Gasteiger charge is -2.03. The van der Waals surface area contributed by atoms with Crippen LogP contribution in [0.2, 0.25) is 0 Å². The Bertz CT molecular complexity index is 941. The largest absolute Gasteiger partial charge is 0.496 e. The third kappa shape index (κ3) is 3.16. The molecular formula is C18H17N2O5+. The minimum absolute atomic E-state index is 0.293. The molecule has 0 atom stereocenters. The Hall–Kier alpha value is -3.35. The molecule has 3 rings (SSSR count). The van der Waals surface area contributed by atoms with Gasteiger partial charge in [-0.1, -0.05) is 12.1 Å². The number of carbonyl (C=O) groups is 1. The minimum Gasteiger partial charge on any atom is -0.496 e. The third-order valence-corrected chi connectivity index (χ3v) is 3.65. The zero-order valence-corrected chi connectivity index (χ0v) is 13.8. The van der Waals surface area contributed by atoms with E-state index in [4.69, 9.17) is 14.0 Å². The van der Waals surface area contributed by atoms with Crippen molar-refractivity contribution in [3.05, 3.63) is 64.5 Å². The highest BCUT2D eigenvalue weighted by molar-refractivity contribution is 5.89. The SMILES string of the molecule is CCOC(=O)c1ccc(-[n+]2[nH]oc(=O)c2-c2ccccc2OC)cc1. The summed E-state index contributed by atoms with van der Waals surface area (Å²) < 4.78 is 16.7. The molecule has 0 aliphatic heterocycles. The van der Waals surface area contributed by atoms with Gasteiger partial charge >= 0.3 is 17.3 Å². The highest BCUT2D eigenvalue weighted by atomic mass is 16.5. The van der Waals surface area contributed by atoms with E-state index in [1.54, 1.807) is 49.4 Å². The van der Waals surface area contributed by atoms with Gasteiger partial charge < -0.3 is 9.47 Å². The number of nitrogens with one attached hydrogen (secondary N) is 1. The van der Waals surface area contributed by atoms with Crippen molar-refractivity contribution in [3.8, 4) is 22.7 Å². The first-order valence-electron chi connectivity index (χ1n) is 7.70. The molecular weight excluding hydrogens is 324 g/mol. The number of hydrogen-bond acceptors (Lipinski definition) is 5. The first-order valence-corrected chi connectivity index (χ1v) is 7.70. The molecule has 2 aromatic carbocycles. The fourth-order valence-electron chi connectivity index (χ4n) is 2.49. The van der Waals surface area contributed by atoms with E-state index in [-0.39, 0.29) is 0 Å². The monoisotopic (exact) mass is 341 g/mol. The highest BCUT2D eigenvalue weighted by Gasteiger charge is 2.28. The van der Waals surface area contributed by atoms with Gasteiger partial charge in [-0.05, 0) is 41.1 Å². The van der Waals surface area contributed by atoms with Gasteiger partial charge in [-0.25, -0.2) is 9.59 Å². The fourth-order valence-corrected chi connectivity index (χ4v) is 2.49. The Labute approximate surface area is 143 Å². The lowest BCUT2D eigenvalue weighted by Crippen LogP contribution is -2.36. The minimum atomic E-state index is -0.529. The highest BCUT2D eigenvalue weighted by Crippen LogP contribution is 2.25. The summed E-state index contributed by atoms with van der Waals surface area (Å²) in [5.41, 5.74) is 1.41. The van der Waals surface area contributed by atoms with Crippen molar-refractivity contribution in [1.29, 1.82) is 0 Å². The third-order valence-electron chi connectivity index (χ3n) is 3.65. The van der Waals surface area contributed by atoms with E-state index < -0.39 is 11.6 Å². The van der Waals surface area contributed by atoms with Gasteiger partial charge in [0.15, 0.2) is 0 Å². The summed E-state index contributed by atoms with van der Waals surface area (Å²) in [4.78, 5) is 23.9. The second kappa shape index (κ2) is 7.04. The Kier molecular flexibility index (Phi) is 4.65. The number of hydrogen-bond donors (Lipinski definition) is 1. The molecule has 1 N–H and O–H groups in total. The van der Waals surface area contributed by atoms with Crippen LogP contribution in [0.1, 0.15) is 17.3 Å². The topological polar surface area (TPSA) is 85.4 Å². The molecule has 0 fully saturated rings. The number of H-pyrrole nitrogens is 1. The van der Waals surface area contributed by atoms with E-state index >= 15 is 0 Å². The molecule has 7 heteroatoms. The molecule has 7 nitrogen and oxygen atoms in total. The Morgan fingerprint density at radius 2 is 1.88 bits per heavy atom. The number of nitrogens with zero attached hydrogens (tertiary/aromatic N) is 1. The van der Waals surface area contributed by atoms with Gasteiger partial charge in [-0.2, -0.15) is 0 Å². The standard InChI is InChI=1S/C18H16N2O5/c1-3-24-17(21)12-8-10-13(11-9-12)20-16(18(22)25-19-20)14-6-4-5-7-15(14)23-2/h4-11H,3H2,1-2H3/p+1. The van der Waals surface area contributed by atoms with Crippen molar-refractivity contribution in [2.24, 2.45) is 0 Å². The van der Waals surface area contributed by atoms with Crippen LogP contribution in [0.25, 0.3) is 16.9 Å². The van der Waals surface area contributed by atoms with Gasteiger partial charge in [0.25, 0.3) is 0 Å². The van der Waals surface area contributed by atoms with Crippen molar-refractivity contribution in [2.45, 2.75) is 6.92 Å². The van der Waals surface area contributed by atoms with Crippen molar-refractivity contribution >= 4 is 5.97 Å². The molecule has 0 aliphatic carbocycles. The van der Waals surface area contributed by atoms with Crippen LogP contribution in [0.4, 0.5) is 0 Å². The zero-order valence-electron chi connectivity index (χ0n) is 13.8. The molecule has 0 spiro atoms. The van der Waals surface area contributed by atoms with Crippen LogP contribution in [0.15, 0.2) is 57.8 Å². The number of aromatic amines is 1. The van der Waals surface area contributed by atoms with Gasteiger partial charge in [-0.3, -0.25) is 4.52 Å². The van der Waals surface area contributed by atoms with Crippen LogP contribution >= 0.6 is 0 Å². The Morgan fingerprint density at radius 3 is 2.56 bits per heavy atom. The second-order valence-electron chi connectivity index (χ2n) is 5.13. The van der Waals surface area contributed by atoms with E-state index in [9.17, 15) is 9.59 Å². The van der Waals surface area contributed by atoms with E-state index in [0.29, 0.717) is 34.9 Å². The summed E-state index contributed by atoms with van der Waals surface area (Å²) in [7, 11) is 1.53. The number of carbonyl (C=O) groups excluding carboxylic acids is 1. The number of esters is 1. The molecule has 1 aromatic heterocycles. The van der Waals surface area contributed by atoms with E-state index in [1.165, 1.54) is 11.8 Å². The molecule has 0 aliphatic rings. The van der Waals surface area contributed by atoms with Crippen molar-refractivity contribution in [2.75, 3.05) is 13.7 Å². The van der Waals surface area contributed by atoms with Crippen LogP contribution in [0.5, 0.6) is 5.75 Å². The van der Waals surface area contributed by atoms with Crippen molar-refractivity contribution in [3.63, 3.8) is 0 Å². The fraction of sp³-hybridized carbons (Fsp3) is 0.167. The smallest absolute Gasteiger partial charge is 0.435 e. The predicted molar refractivity (Wildman–Crippen MR) is 88.8 cm³/mol. The lowest BCUT2D eigenvalue weighted by molar-refractivity contribution is -0.660. The van der Waals surface area contributed by atoms with Crippen molar-refractivity contribution < 1.29 is 23.5 Å². The predicted octanol–water partition coefficient (Wildman–Crippen LogP) is 2.10. The lowest BCUT2D eigenvalue weighted by atomic mass is 10.1. The molecule has 0 unspecified atom stereocenters. The zero-order chi connectivity index (χ0) is 17.8. The van der Waals surface area contributed by atoms with Crippen molar-refractivity contribution in [1.82, 2.24) is 5.27 Å². The first-order chi connectivity index (χ1) is 12.2. The second-order valence-corrected chi connectivity index (χ2v) is 5.13. The summed E-state index contributed by atoms with van der Waals surface area (Å²) in [5, 5.41) is 2.57. The molecule has 0 saturated heterocycles. The van der Waals surface area contributed by atoms with E-state index in [2.05, 4.69) is 5.27 Å². The summed E-state index contributed by atoms with van der Waals surface area (Å²) in [6, 6.07) is 13.8. The first kappa shape index (κ1) is 16.5. The van der Waals surface area contributed by atoms with Crippen LogP contribution in [-0.2, 0) is 4.74 Å². The van der Waals surface area contributed by atoms with E-state index in [0.717, 1.165) is 0 Å². The molecule has 128 valence electrons. The maximum absolute atomic E-state index is 12.2. The average molecular weight is 341 g/mol. The molecule has 0 bridgehead atoms. The van der Waals surface area contributed by atoms with Gasteiger partial charge in [0.05, 0.1) is 24.8 Å². The molecule has 1 heterocycles. The Balaban J connectivity index is 2.05. The summed E-state index contributed by atoms with van der Waals surface area (Å²) in [6.45, 7) is 2.06. The molecule has 3 aromatic rings. The van der Waals surface area contributed by atoms with Crippen LogP contribution in [-0.4, -0.2) is 25.0 Å². The number of methoxy groups -OCH3 is 1. The number of aromatic nitrogens is 2. The van der Waals surface area contributed by atoms with Crippen LogP contribution < -0.4 is 15.0 Å². The quantitative estimate of drug-likeness (QED) is 0.567. The van der Waals surface area contributed by atoms with Gasteiger partial charge in [-0.15, -0.1) is 0 Å². The summed E-state index contributed by atoms with van der Waals surface area (Å²) in [5.74, 6) is 0.149. The molecule has 0 amide bonds. The number of benzene rings is 2. The average Bonchev–Trinajstić information content (AvgIpc) is 3.03. The molecule has 25 heavy (non-hydrogen) atoms.